The van der Waals surface area contributed by atoms with Crippen LogP contribution in [0.1, 0.15) is 56.0 Å². The standard InChI is InChI=1S/C21H26FN3O2/c22-16-7-3-8-18(13-16)27-12-10-17-14-19(24-23-17)20-9-4-11-25(20)21(26)15-5-1-2-6-15/h3,7-8,13-15,20H,1-2,4-6,9-12H2,(H,23,24)/t20-/m0/s1. The molecule has 144 valence electrons. The fraction of sp³-hybridized carbons (Fsp3) is 0.524. The maximum Gasteiger partial charge on any atom is 0.226 e. The van der Waals surface area contributed by atoms with Gasteiger partial charge in [-0.1, -0.05) is 18.9 Å². The van der Waals surface area contributed by atoms with Gasteiger partial charge in [0.1, 0.15) is 11.6 Å². The highest BCUT2D eigenvalue weighted by Crippen LogP contribution is 2.35. The molecule has 2 fully saturated rings. The lowest BCUT2D eigenvalue weighted by Gasteiger charge is -2.26. The molecular formula is C21H26FN3O2. The van der Waals surface area contributed by atoms with Gasteiger partial charge in [0.05, 0.1) is 18.3 Å². The minimum atomic E-state index is -0.301. The summed E-state index contributed by atoms with van der Waals surface area (Å²) in [5.74, 6) is 0.751. The number of nitrogens with one attached hydrogen (secondary N) is 1. The monoisotopic (exact) mass is 371 g/mol. The SMILES string of the molecule is O=C(C1CCCC1)N1CCC[C@H]1c1cc(CCOc2cccc(F)c2)[nH]n1. The van der Waals surface area contributed by atoms with Gasteiger partial charge in [0.2, 0.25) is 5.91 Å². The summed E-state index contributed by atoms with van der Waals surface area (Å²) in [7, 11) is 0. The number of hydrogen-bond donors (Lipinski definition) is 1. The largest absolute Gasteiger partial charge is 0.493 e. The summed E-state index contributed by atoms with van der Waals surface area (Å²) in [6.07, 6.45) is 7.08. The molecule has 1 saturated carbocycles. The number of carbonyl (C=O) groups is 1. The maximum atomic E-state index is 13.2. The van der Waals surface area contributed by atoms with Crippen LogP contribution in [-0.4, -0.2) is 34.2 Å². The van der Waals surface area contributed by atoms with E-state index in [2.05, 4.69) is 10.2 Å². The van der Waals surface area contributed by atoms with Gasteiger partial charge < -0.3 is 9.64 Å². The number of rotatable bonds is 6. The quantitative estimate of drug-likeness (QED) is 0.834. The van der Waals surface area contributed by atoms with Crippen LogP contribution in [0.3, 0.4) is 0 Å². The highest BCUT2D eigenvalue weighted by Gasteiger charge is 2.36. The molecule has 0 unspecified atom stereocenters. The second-order valence-electron chi connectivity index (χ2n) is 7.54. The van der Waals surface area contributed by atoms with E-state index in [1.165, 1.54) is 25.0 Å². The van der Waals surface area contributed by atoms with Crippen molar-refractivity contribution in [3.05, 3.63) is 47.5 Å². The topological polar surface area (TPSA) is 58.2 Å². The van der Waals surface area contributed by atoms with E-state index in [1.54, 1.807) is 12.1 Å². The number of ether oxygens (including phenoxy) is 1. The van der Waals surface area contributed by atoms with E-state index in [-0.39, 0.29) is 17.8 Å². The van der Waals surface area contributed by atoms with E-state index in [0.29, 0.717) is 24.7 Å². The van der Waals surface area contributed by atoms with Gasteiger partial charge in [-0.25, -0.2) is 4.39 Å². The van der Waals surface area contributed by atoms with Crippen LogP contribution >= 0.6 is 0 Å². The van der Waals surface area contributed by atoms with Crippen LogP contribution < -0.4 is 4.74 Å². The Kier molecular flexibility index (Phi) is 5.41. The van der Waals surface area contributed by atoms with Crippen LogP contribution in [0.5, 0.6) is 5.75 Å². The molecule has 1 aliphatic heterocycles. The van der Waals surface area contributed by atoms with Gasteiger partial charge in [-0.05, 0) is 43.9 Å². The molecule has 0 bridgehead atoms. The third-order valence-corrected chi connectivity index (χ3v) is 5.67. The van der Waals surface area contributed by atoms with Crippen LogP contribution in [0.4, 0.5) is 4.39 Å². The highest BCUT2D eigenvalue weighted by atomic mass is 19.1. The van der Waals surface area contributed by atoms with Crippen LogP contribution in [0.15, 0.2) is 30.3 Å². The molecule has 2 heterocycles. The summed E-state index contributed by atoms with van der Waals surface area (Å²) in [6.45, 7) is 1.28. The number of aromatic nitrogens is 2. The molecule has 0 radical (unpaired) electrons. The summed E-state index contributed by atoms with van der Waals surface area (Å²) in [6, 6.07) is 8.28. The molecule has 1 saturated heterocycles. The highest BCUT2D eigenvalue weighted by molar-refractivity contribution is 5.79. The Bertz CT molecular complexity index is 785. The average Bonchev–Trinajstić information content (AvgIpc) is 3.42. The minimum Gasteiger partial charge on any atom is -0.493 e. The molecule has 6 heteroatoms. The number of amides is 1. The number of hydrogen-bond acceptors (Lipinski definition) is 3. The number of aromatic amines is 1. The maximum absolute atomic E-state index is 13.2. The van der Waals surface area contributed by atoms with Gasteiger partial charge in [0.15, 0.2) is 0 Å². The lowest BCUT2D eigenvalue weighted by Crippen LogP contribution is -2.35. The van der Waals surface area contributed by atoms with Crippen molar-refractivity contribution in [1.82, 2.24) is 15.1 Å². The zero-order chi connectivity index (χ0) is 18.6. The van der Waals surface area contributed by atoms with Crippen molar-refractivity contribution in [3.63, 3.8) is 0 Å². The molecule has 1 aliphatic carbocycles. The zero-order valence-corrected chi connectivity index (χ0v) is 15.5. The predicted octanol–water partition coefficient (Wildman–Crippen LogP) is 4.02. The first-order valence-corrected chi connectivity index (χ1v) is 9.94. The number of halogens is 1. The second-order valence-corrected chi connectivity index (χ2v) is 7.54. The molecule has 1 aromatic carbocycles. The van der Waals surface area contributed by atoms with Gasteiger partial charge in [0.25, 0.3) is 0 Å². The van der Waals surface area contributed by atoms with E-state index >= 15 is 0 Å². The summed E-state index contributed by atoms with van der Waals surface area (Å²) in [5, 5.41) is 7.53. The van der Waals surface area contributed by atoms with Crippen LogP contribution in [0.2, 0.25) is 0 Å². The van der Waals surface area contributed by atoms with E-state index < -0.39 is 0 Å². The summed E-state index contributed by atoms with van der Waals surface area (Å²) < 4.78 is 18.8. The first-order chi connectivity index (χ1) is 13.2. The number of nitrogens with zero attached hydrogens (tertiary/aromatic N) is 2. The van der Waals surface area contributed by atoms with Crippen LogP contribution in [0, 0.1) is 11.7 Å². The third kappa shape index (κ3) is 4.15. The van der Waals surface area contributed by atoms with Gasteiger partial charge in [-0.15, -0.1) is 0 Å². The zero-order valence-electron chi connectivity index (χ0n) is 15.5. The Morgan fingerprint density at radius 2 is 2.07 bits per heavy atom. The van der Waals surface area contributed by atoms with E-state index in [0.717, 1.165) is 43.6 Å². The second kappa shape index (κ2) is 8.11. The summed E-state index contributed by atoms with van der Waals surface area (Å²) in [5.41, 5.74) is 1.92. The Labute approximate surface area is 158 Å². The molecule has 27 heavy (non-hydrogen) atoms. The van der Waals surface area contributed by atoms with Crippen molar-refractivity contribution in [1.29, 1.82) is 0 Å². The smallest absolute Gasteiger partial charge is 0.226 e. The van der Waals surface area contributed by atoms with Gasteiger partial charge >= 0.3 is 0 Å². The lowest BCUT2D eigenvalue weighted by atomic mass is 10.0. The molecule has 2 aliphatic rings. The van der Waals surface area contributed by atoms with Crippen molar-refractivity contribution in [2.75, 3.05) is 13.2 Å². The molecule has 4 rings (SSSR count). The number of benzene rings is 1. The fourth-order valence-corrected chi connectivity index (χ4v) is 4.26. The molecule has 0 spiro atoms. The number of likely N-dealkylation sites (tertiary alicyclic amines) is 1. The summed E-state index contributed by atoms with van der Waals surface area (Å²) >= 11 is 0. The molecule has 1 amide bonds. The van der Waals surface area contributed by atoms with Gasteiger partial charge in [0, 0.05) is 30.6 Å². The normalized spacial score (nSPS) is 20.3. The molecule has 1 aromatic heterocycles. The van der Waals surface area contributed by atoms with Crippen molar-refractivity contribution in [2.24, 2.45) is 5.92 Å². The molecule has 1 N–H and O–H groups in total. The average molecular weight is 371 g/mol. The molecule has 5 nitrogen and oxygen atoms in total. The number of carbonyl (C=O) groups excluding carboxylic acids is 1. The first-order valence-electron chi connectivity index (χ1n) is 9.94. The van der Waals surface area contributed by atoms with Crippen LogP contribution in [-0.2, 0) is 11.2 Å². The van der Waals surface area contributed by atoms with Crippen molar-refractivity contribution in [2.45, 2.75) is 51.0 Å². The van der Waals surface area contributed by atoms with Crippen molar-refractivity contribution >= 4 is 5.91 Å². The fourth-order valence-electron chi connectivity index (χ4n) is 4.26. The third-order valence-electron chi connectivity index (χ3n) is 5.67. The lowest BCUT2D eigenvalue weighted by molar-refractivity contribution is -0.136. The Balaban J connectivity index is 1.34. The first kappa shape index (κ1) is 18.0. The number of H-pyrrole nitrogens is 1. The Morgan fingerprint density at radius 1 is 1.22 bits per heavy atom. The Hall–Kier alpha value is -2.37. The molecule has 1 atom stereocenters. The summed E-state index contributed by atoms with van der Waals surface area (Å²) in [4.78, 5) is 14.9. The Morgan fingerprint density at radius 3 is 2.89 bits per heavy atom. The molecular weight excluding hydrogens is 345 g/mol. The minimum absolute atomic E-state index is 0.0900. The van der Waals surface area contributed by atoms with E-state index in [1.807, 2.05) is 11.0 Å². The molecule has 2 aromatic rings. The van der Waals surface area contributed by atoms with Gasteiger partial charge in [-0.3, -0.25) is 9.89 Å². The van der Waals surface area contributed by atoms with Gasteiger partial charge in [-0.2, -0.15) is 5.10 Å². The van der Waals surface area contributed by atoms with E-state index in [9.17, 15) is 9.18 Å². The predicted molar refractivity (Wildman–Crippen MR) is 99.8 cm³/mol. The van der Waals surface area contributed by atoms with E-state index in [4.69, 9.17) is 4.74 Å². The van der Waals surface area contributed by atoms with Crippen LogP contribution in [0.25, 0.3) is 0 Å². The van der Waals surface area contributed by atoms with Crippen molar-refractivity contribution < 1.29 is 13.9 Å². The van der Waals surface area contributed by atoms with Crippen molar-refractivity contribution in [3.8, 4) is 5.75 Å².